The zero-order chi connectivity index (χ0) is 14.4. The SMILES string of the molecule is CCCc1nc(C(=O)N[C@H](C)Cc2cnccn2)cs1. The normalized spacial score (nSPS) is 12.1. The lowest BCUT2D eigenvalue weighted by atomic mass is 10.2. The van der Waals surface area contributed by atoms with E-state index < -0.39 is 0 Å². The molecular weight excluding hydrogens is 272 g/mol. The van der Waals surface area contributed by atoms with Crippen LogP contribution in [0.5, 0.6) is 0 Å². The first-order valence-electron chi connectivity index (χ1n) is 6.69. The molecule has 0 aliphatic heterocycles. The number of hydrogen-bond donors (Lipinski definition) is 1. The van der Waals surface area contributed by atoms with Gasteiger partial charge in [0, 0.05) is 36.4 Å². The van der Waals surface area contributed by atoms with Crippen LogP contribution in [0.25, 0.3) is 0 Å². The fourth-order valence-electron chi connectivity index (χ4n) is 1.84. The fraction of sp³-hybridized carbons (Fsp3) is 0.429. The third-order valence-corrected chi connectivity index (χ3v) is 3.67. The van der Waals surface area contributed by atoms with E-state index >= 15 is 0 Å². The van der Waals surface area contributed by atoms with Gasteiger partial charge in [-0.1, -0.05) is 6.92 Å². The first-order chi connectivity index (χ1) is 9.69. The lowest BCUT2D eigenvalue weighted by molar-refractivity contribution is 0.0935. The molecule has 106 valence electrons. The summed E-state index contributed by atoms with van der Waals surface area (Å²) in [5.74, 6) is -0.125. The average molecular weight is 290 g/mol. The summed E-state index contributed by atoms with van der Waals surface area (Å²) in [5, 5.41) is 5.77. The van der Waals surface area contributed by atoms with Crippen molar-refractivity contribution in [3.05, 3.63) is 40.4 Å². The first kappa shape index (κ1) is 14.6. The third-order valence-electron chi connectivity index (χ3n) is 2.76. The van der Waals surface area contributed by atoms with E-state index in [-0.39, 0.29) is 11.9 Å². The Labute approximate surface area is 122 Å². The molecule has 6 heteroatoms. The van der Waals surface area contributed by atoms with Crippen LogP contribution in [0.2, 0.25) is 0 Å². The van der Waals surface area contributed by atoms with Crippen molar-refractivity contribution in [2.24, 2.45) is 0 Å². The Morgan fingerprint density at radius 1 is 1.45 bits per heavy atom. The van der Waals surface area contributed by atoms with Gasteiger partial charge in [0.15, 0.2) is 0 Å². The molecular formula is C14H18N4OS. The van der Waals surface area contributed by atoms with Gasteiger partial charge in [0.2, 0.25) is 0 Å². The van der Waals surface area contributed by atoms with Gasteiger partial charge < -0.3 is 5.32 Å². The topological polar surface area (TPSA) is 67.8 Å². The van der Waals surface area contributed by atoms with Gasteiger partial charge in [-0.15, -0.1) is 11.3 Å². The number of carbonyl (C=O) groups excluding carboxylic acids is 1. The molecule has 2 aromatic rings. The van der Waals surface area contributed by atoms with E-state index in [0.717, 1.165) is 23.5 Å². The lowest BCUT2D eigenvalue weighted by Gasteiger charge is -2.12. The quantitative estimate of drug-likeness (QED) is 0.886. The summed E-state index contributed by atoms with van der Waals surface area (Å²) in [7, 11) is 0. The molecule has 0 aliphatic rings. The minimum atomic E-state index is -0.125. The van der Waals surface area contributed by atoms with Crippen LogP contribution in [0.1, 0.15) is 41.5 Å². The molecule has 20 heavy (non-hydrogen) atoms. The number of thiazole rings is 1. The second-order valence-electron chi connectivity index (χ2n) is 4.65. The van der Waals surface area contributed by atoms with Gasteiger partial charge in [-0.25, -0.2) is 4.98 Å². The molecule has 0 spiro atoms. The lowest BCUT2D eigenvalue weighted by Crippen LogP contribution is -2.34. The zero-order valence-electron chi connectivity index (χ0n) is 11.7. The molecule has 2 rings (SSSR count). The first-order valence-corrected chi connectivity index (χ1v) is 7.57. The van der Waals surface area contributed by atoms with Crippen molar-refractivity contribution >= 4 is 17.2 Å². The number of rotatable bonds is 6. The highest BCUT2D eigenvalue weighted by Crippen LogP contribution is 2.12. The smallest absolute Gasteiger partial charge is 0.270 e. The van der Waals surface area contributed by atoms with Crippen LogP contribution in [-0.2, 0) is 12.8 Å². The van der Waals surface area contributed by atoms with Crippen LogP contribution < -0.4 is 5.32 Å². The minimum Gasteiger partial charge on any atom is -0.348 e. The summed E-state index contributed by atoms with van der Waals surface area (Å²) < 4.78 is 0. The molecule has 0 aromatic carbocycles. The van der Waals surface area contributed by atoms with Crippen molar-refractivity contribution < 1.29 is 4.79 Å². The van der Waals surface area contributed by atoms with Crippen LogP contribution in [0, 0.1) is 0 Å². The van der Waals surface area contributed by atoms with E-state index in [1.54, 1.807) is 18.6 Å². The van der Waals surface area contributed by atoms with Crippen LogP contribution in [-0.4, -0.2) is 26.9 Å². The minimum absolute atomic E-state index is 0.00414. The molecule has 5 nitrogen and oxygen atoms in total. The number of nitrogens with zero attached hydrogens (tertiary/aromatic N) is 3. The number of carbonyl (C=O) groups is 1. The second-order valence-corrected chi connectivity index (χ2v) is 5.59. The Kier molecular flexibility index (Phi) is 5.17. The summed E-state index contributed by atoms with van der Waals surface area (Å²) in [6.45, 7) is 4.05. The van der Waals surface area contributed by atoms with Gasteiger partial charge in [-0.05, 0) is 19.8 Å². The molecule has 0 bridgehead atoms. The Morgan fingerprint density at radius 2 is 2.30 bits per heavy atom. The fourth-order valence-corrected chi connectivity index (χ4v) is 2.72. The van der Waals surface area contributed by atoms with Gasteiger partial charge in [-0.3, -0.25) is 14.8 Å². The van der Waals surface area contributed by atoms with E-state index in [4.69, 9.17) is 0 Å². The van der Waals surface area contributed by atoms with Crippen molar-refractivity contribution in [2.75, 3.05) is 0 Å². The second kappa shape index (κ2) is 7.09. The molecule has 0 fully saturated rings. The van der Waals surface area contributed by atoms with E-state index in [2.05, 4.69) is 27.2 Å². The molecule has 0 aliphatic carbocycles. The van der Waals surface area contributed by atoms with E-state index in [0.29, 0.717) is 12.1 Å². The molecule has 2 heterocycles. The van der Waals surface area contributed by atoms with Crippen molar-refractivity contribution in [1.82, 2.24) is 20.3 Å². The molecule has 0 saturated carbocycles. The Morgan fingerprint density at radius 3 is 3.00 bits per heavy atom. The summed E-state index contributed by atoms with van der Waals surface area (Å²) in [5.41, 5.74) is 1.37. The largest absolute Gasteiger partial charge is 0.348 e. The summed E-state index contributed by atoms with van der Waals surface area (Å²) in [6.07, 6.45) is 7.62. The van der Waals surface area contributed by atoms with Crippen LogP contribution in [0.4, 0.5) is 0 Å². The maximum Gasteiger partial charge on any atom is 0.270 e. The Balaban J connectivity index is 1.90. The maximum absolute atomic E-state index is 12.1. The molecule has 0 saturated heterocycles. The van der Waals surface area contributed by atoms with Crippen molar-refractivity contribution in [1.29, 1.82) is 0 Å². The number of nitrogens with one attached hydrogen (secondary N) is 1. The average Bonchev–Trinajstić information content (AvgIpc) is 2.89. The van der Waals surface area contributed by atoms with Gasteiger partial charge in [0.25, 0.3) is 5.91 Å². The Hall–Kier alpha value is -1.82. The maximum atomic E-state index is 12.1. The number of amides is 1. The van der Waals surface area contributed by atoms with Crippen molar-refractivity contribution in [3.63, 3.8) is 0 Å². The van der Waals surface area contributed by atoms with E-state index in [1.807, 2.05) is 12.3 Å². The molecule has 1 atom stereocenters. The van der Waals surface area contributed by atoms with Crippen LogP contribution >= 0.6 is 11.3 Å². The molecule has 1 N–H and O–H groups in total. The molecule has 0 radical (unpaired) electrons. The van der Waals surface area contributed by atoms with Crippen molar-refractivity contribution in [3.8, 4) is 0 Å². The van der Waals surface area contributed by atoms with Gasteiger partial charge in [0.05, 0.1) is 10.7 Å². The predicted octanol–water partition coefficient (Wildman–Crippen LogP) is 2.25. The highest BCUT2D eigenvalue weighted by atomic mass is 32.1. The van der Waals surface area contributed by atoms with Crippen molar-refractivity contribution in [2.45, 2.75) is 39.2 Å². The standard InChI is InChI=1S/C14H18N4OS/c1-3-4-13-18-12(9-20-13)14(19)17-10(2)7-11-8-15-5-6-16-11/h5-6,8-10H,3-4,7H2,1-2H3,(H,17,19)/t10-/m1/s1. The van der Waals surface area contributed by atoms with E-state index in [9.17, 15) is 4.79 Å². The number of aromatic nitrogens is 3. The zero-order valence-corrected chi connectivity index (χ0v) is 12.5. The summed E-state index contributed by atoms with van der Waals surface area (Å²) in [6, 6.07) is -0.00414. The summed E-state index contributed by atoms with van der Waals surface area (Å²) in [4.78, 5) is 24.6. The van der Waals surface area contributed by atoms with Gasteiger partial charge in [-0.2, -0.15) is 0 Å². The number of aryl methyl sites for hydroxylation is 1. The molecule has 2 aromatic heterocycles. The molecule has 1 amide bonds. The molecule has 0 unspecified atom stereocenters. The van der Waals surface area contributed by atoms with Crippen LogP contribution in [0.3, 0.4) is 0 Å². The van der Waals surface area contributed by atoms with Crippen LogP contribution in [0.15, 0.2) is 24.0 Å². The number of hydrogen-bond acceptors (Lipinski definition) is 5. The highest BCUT2D eigenvalue weighted by molar-refractivity contribution is 7.09. The van der Waals surface area contributed by atoms with Gasteiger partial charge >= 0.3 is 0 Å². The highest BCUT2D eigenvalue weighted by Gasteiger charge is 2.14. The van der Waals surface area contributed by atoms with Gasteiger partial charge in [0.1, 0.15) is 5.69 Å². The monoisotopic (exact) mass is 290 g/mol. The third kappa shape index (κ3) is 4.09. The summed E-state index contributed by atoms with van der Waals surface area (Å²) >= 11 is 1.54. The van der Waals surface area contributed by atoms with E-state index in [1.165, 1.54) is 11.3 Å². The predicted molar refractivity (Wildman–Crippen MR) is 78.8 cm³/mol. The Bertz CT molecular complexity index is 555.